The van der Waals surface area contributed by atoms with E-state index < -0.39 is 5.54 Å². The SMILES string of the molecule is CNC(CO)(COc1ccc(F)cc1C)c1ccccc1. The van der Waals surface area contributed by atoms with Crippen molar-refractivity contribution in [3.8, 4) is 5.75 Å². The molecule has 0 radical (unpaired) electrons. The Kier molecular flexibility index (Phi) is 4.94. The first-order chi connectivity index (χ1) is 10.1. The first-order valence-electron chi connectivity index (χ1n) is 6.85. The molecule has 2 aromatic carbocycles. The molecule has 0 aliphatic heterocycles. The smallest absolute Gasteiger partial charge is 0.123 e. The minimum atomic E-state index is -0.692. The summed E-state index contributed by atoms with van der Waals surface area (Å²) in [5.41, 5.74) is 0.975. The van der Waals surface area contributed by atoms with Gasteiger partial charge in [-0.25, -0.2) is 4.39 Å². The van der Waals surface area contributed by atoms with Crippen LogP contribution in [-0.4, -0.2) is 25.4 Å². The number of benzene rings is 2. The van der Waals surface area contributed by atoms with E-state index in [9.17, 15) is 9.50 Å². The molecule has 0 fully saturated rings. The van der Waals surface area contributed by atoms with Crippen molar-refractivity contribution in [2.75, 3.05) is 20.3 Å². The molecular weight excluding hydrogens is 269 g/mol. The van der Waals surface area contributed by atoms with Crippen molar-refractivity contribution in [1.29, 1.82) is 0 Å². The number of aliphatic hydroxyl groups is 1. The Morgan fingerprint density at radius 3 is 2.48 bits per heavy atom. The monoisotopic (exact) mass is 289 g/mol. The third-order valence-corrected chi connectivity index (χ3v) is 3.69. The Labute approximate surface area is 124 Å². The lowest BCUT2D eigenvalue weighted by atomic mass is 9.92. The third kappa shape index (κ3) is 3.40. The van der Waals surface area contributed by atoms with Crippen molar-refractivity contribution >= 4 is 0 Å². The van der Waals surface area contributed by atoms with Crippen LogP contribution in [0.3, 0.4) is 0 Å². The van der Waals surface area contributed by atoms with Gasteiger partial charge in [0.2, 0.25) is 0 Å². The summed E-state index contributed by atoms with van der Waals surface area (Å²) >= 11 is 0. The van der Waals surface area contributed by atoms with Crippen molar-refractivity contribution in [3.05, 3.63) is 65.5 Å². The summed E-state index contributed by atoms with van der Waals surface area (Å²) in [4.78, 5) is 0. The van der Waals surface area contributed by atoms with Gasteiger partial charge in [0, 0.05) is 0 Å². The average molecular weight is 289 g/mol. The topological polar surface area (TPSA) is 41.5 Å². The molecule has 112 valence electrons. The van der Waals surface area contributed by atoms with Crippen LogP contribution in [-0.2, 0) is 5.54 Å². The van der Waals surface area contributed by atoms with Gasteiger partial charge in [-0.15, -0.1) is 0 Å². The Morgan fingerprint density at radius 1 is 1.19 bits per heavy atom. The number of likely N-dealkylation sites (N-methyl/N-ethyl adjacent to an activating group) is 1. The predicted molar refractivity (Wildman–Crippen MR) is 80.9 cm³/mol. The van der Waals surface area contributed by atoms with Crippen LogP contribution in [0.15, 0.2) is 48.5 Å². The molecular formula is C17H20FNO2. The highest BCUT2D eigenvalue weighted by atomic mass is 19.1. The third-order valence-electron chi connectivity index (χ3n) is 3.69. The van der Waals surface area contributed by atoms with Crippen LogP contribution in [0.5, 0.6) is 5.75 Å². The van der Waals surface area contributed by atoms with Crippen molar-refractivity contribution in [1.82, 2.24) is 5.32 Å². The minimum absolute atomic E-state index is 0.103. The molecule has 0 spiro atoms. The van der Waals surface area contributed by atoms with Crippen LogP contribution >= 0.6 is 0 Å². The molecule has 1 unspecified atom stereocenters. The molecule has 0 saturated heterocycles. The first kappa shape index (κ1) is 15.5. The summed E-state index contributed by atoms with van der Waals surface area (Å²) in [7, 11) is 1.78. The number of nitrogens with one attached hydrogen (secondary N) is 1. The fourth-order valence-corrected chi connectivity index (χ4v) is 2.25. The fourth-order valence-electron chi connectivity index (χ4n) is 2.25. The van der Waals surface area contributed by atoms with E-state index in [2.05, 4.69) is 5.32 Å². The summed E-state index contributed by atoms with van der Waals surface area (Å²) in [6.45, 7) is 1.94. The molecule has 0 heterocycles. The second-order valence-corrected chi connectivity index (χ2v) is 5.05. The number of halogens is 1. The summed E-state index contributed by atoms with van der Waals surface area (Å²) in [5, 5.41) is 13.0. The molecule has 0 amide bonds. The van der Waals surface area contributed by atoms with Crippen molar-refractivity contribution in [2.24, 2.45) is 0 Å². The maximum atomic E-state index is 13.1. The Hall–Kier alpha value is -1.91. The number of hydrogen-bond acceptors (Lipinski definition) is 3. The van der Waals surface area contributed by atoms with Gasteiger partial charge in [0.15, 0.2) is 0 Å². The average Bonchev–Trinajstić information content (AvgIpc) is 2.51. The lowest BCUT2D eigenvalue weighted by molar-refractivity contribution is 0.107. The number of aryl methyl sites for hydroxylation is 1. The molecule has 0 saturated carbocycles. The summed E-state index contributed by atoms with van der Waals surface area (Å²) in [5.74, 6) is 0.324. The molecule has 2 aromatic rings. The summed E-state index contributed by atoms with van der Waals surface area (Å²) in [6.07, 6.45) is 0. The van der Waals surface area contributed by atoms with Crippen LogP contribution in [0.2, 0.25) is 0 Å². The molecule has 0 bridgehead atoms. The van der Waals surface area contributed by atoms with Crippen molar-refractivity contribution in [2.45, 2.75) is 12.5 Å². The van der Waals surface area contributed by atoms with Gasteiger partial charge in [0.25, 0.3) is 0 Å². The second kappa shape index (κ2) is 6.70. The molecule has 0 aromatic heterocycles. The molecule has 3 nitrogen and oxygen atoms in total. The van der Waals surface area contributed by atoms with Crippen LogP contribution in [0.25, 0.3) is 0 Å². The maximum Gasteiger partial charge on any atom is 0.123 e. The van der Waals surface area contributed by atoms with Gasteiger partial charge in [0.05, 0.1) is 6.61 Å². The molecule has 4 heteroatoms. The van der Waals surface area contributed by atoms with Crippen LogP contribution in [0.4, 0.5) is 4.39 Å². The van der Waals surface area contributed by atoms with Crippen molar-refractivity contribution < 1.29 is 14.2 Å². The van der Waals surface area contributed by atoms with Crippen LogP contribution in [0.1, 0.15) is 11.1 Å². The zero-order chi connectivity index (χ0) is 15.3. The lowest BCUT2D eigenvalue weighted by Gasteiger charge is -2.32. The number of ether oxygens (including phenoxy) is 1. The van der Waals surface area contributed by atoms with E-state index in [4.69, 9.17) is 4.74 Å². The highest BCUT2D eigenvalue weighted by molar-refractivity contribution is 5.33. The van der Waals surface area contributed by atoms with Gasteiger partial charge in [0.1, 0.15) is 23.7 Å². The second-order valence-electron chi connectivity index (χ2n) is 5.05. The fraction of sp³-hybridized carbons (Fsp3) is 0.294. The van der Waals surface area contributed by atoms with E-state index in [-0.39, 0.29) is 19.0 Å². The van der Waals surface area contributed by atoms with Gasteiger partial charge < -0.3 is 15.2 Å². The minimum Gasteiger partial charge on any atom is -0.491 e. The molecule has 0 aliphatic carbocycles. The molecule has 2 N–H and O–H groups in total. The Balaban J connectivity index is 2.21. The quantitative estimate of drug-likeness (QED) is 0.859. The molecule has 1 atom stereocenters. The highest BCUT2D eigenvalue weighted by Gasteiger charge is 2.30. The Morgan fingerprint density at radius 2 is 1.90 bits per heavy atom. The van der Waals surface area contributed by atoms with Gasteiger partial charge in [-0.3, -0.25) is 0 Å². The summed E-state index contributed by atoms with van der Waals surface area (Å²) < 4.78 is 18.9. The van der Waals surface area contributed by atoms with Crippen molar-refractivity contribution in [3.63, 3.8) is 0 Å². The van der Waals surface area contributed by atoms with Gasteiger partial charge in [-0.2, -0.15) is 0 Å². The standard InChI is InChI=1S/C17H20FNO2/c1-13-10-15(18)8-9-16(13)21-12-17(11-20,19-2)14-6-4-3-5-7-14/h3-10,19-20H,11-12H2,1-2H3. The van der Waals surface area contributed by atoms with Gasteiger partial charge in [-0.1, -0.05) is 30.3 Å². The normalized spacial score (nSPS) is 13.7. The summed E-state index contributed by atoms with van der Waals surface area (Å²) in [6, 6.07) is 14.0. The molecule has 0 aliphatic rings. The zero-order valence-corrected chi connectivity index (χ0v) is 12.3. The molecule has 21 heavy (non-hydrogen) atoms. The highest BCUT2D eigenvalue weighted by Crippen LogP contribution is 2.24. The first-order valence-corrected chi connectivity index (χ1v) is 6.85. The van der Waals surface area contributed by atoms with E-state index in [1.165, 1.54) is 12.1 Å². The number of hydrogen-bond donors (Lipinski definition) is 2. The number of rotatable bonds is 6. The van der Waals surface area contributed by atoms with E-state index in [1.807, 2.05) is 30.3 Å². The lowest BCUT2D eigenvalue weighted by Crippen LogP contribution is -2.48. The van der Waals surface area contributed by atoms with E-state index in [1.54, 1.807) is 20.0 Å². The van der Waals surface area contributed by atoms with Gasteiger partial charge in [-0.05, 0) is 43.3 Å². The van der Waals surface area contributed by atoms with Crippen LogP contribution < -0.4 is 10.1 Å². The zero-order valence-electron chi connectivity index (χ0n) is 12.3. The van der Waals surface area contributed by atoms with Gasteiger partial charge >= 0.3 is 0 Å². The van der Waals surface area contributed by atoms with E-state index in [0.29, 0.717) is 5.75 Å². The number of aliphatic hydroxyl groups excluding tert-OH is 1. The Bertz CT molecular complexity index is 583. The molecule has 2 rings (SSSR count). The van der Waals surface area contributed by atoms with E-state index in [0.717, 1.165) is 11.1 Å². The predicted octanol–water partition coefficient (Wildman–Crippen LogP) is 2.62. The van der Waals surface area contributed by atoms with Crippen LogP contribution in [0, 0.1) is 12.7 Å². The van der Waals surface area contributed by atoms with E-state index >= 15 is 0 Å². The largest absolute Gasteiger partial charge is 0.491 e. The maximum absolute atomic E-state index is 13.1.